The summed E-state index contributed by atoms with van der Waals surface area (Å²) in [6.45, 7) is 17.1. The second-order valence-corrected chi connectivity index (χ2v) is 8.42. The lowest BCUT2D eigenvalue weighted by atomic mass is 9.61. The van der Waals surface area contributed by atoms with Gasteiger partial charge in [-0.15, -0.1) is 0 Å². The topological polar surface area (TPSA) is 26.3 Å². The van der Waals surface area contributed by atoms with E-state index in [1.54, 1.807) is 0 Å². The molecule has 0 amide bonds. The first-order valence-corrected chi connectivity index (χ1v) is 8.21. The summed E-state index contributed by atoms with van der Waals surface area (Å²) in [5.74, 6) is 0.654. The molecule has 0 saturated heterocycles. The van der Waals surface area contributed by atoms with Crippen molar-refractivity contribution in [3.63, 3.8) is 0 Å². The molecule has 1 fully saturated rings. The van der Waals surface area contributed by atoms with Gasteiger partial charge in [0.1, 0.15) is 5.60 Å². The van der Waals surface area contributed by atoms with Gasteiger partial charge in [0, 0.05) is 0 Å². The number of carbonyl (C=O) groups excluding carboxylic acids is 1. The molecule has 1 unspecified atom stereocenters. The van der Waals surface area contributed by atoms with Gasteiger partial charge >= 0.3 is 5.97 Å². The second-order valence-electron chi connectivity index (χ2n) is 8.42. The molecule has 0 aliphatic heterocycles. The minimum atomic E-state index is -0.447. The van der Waals surface area contributed by atoms with Crippen LogP contribution in [0.25, 0.3) is 0 Å². The van der Waals surface area contributed by atoms with Gasteiger partial charge in [0.25, 0.3) is 0 Å². The molecule has 1 saturated carbocycles. The van der Waals surface area contributed by atoms with Gasteiger partial charge in [0.05, 0.1) is 5.41 Å². The third kappa shape index (κ3) is 2.89. The lowest BCUT2D eigenvalue weighted by Gasteiger charge is -2.46. The maximum Gasteiger partial charge on any atom is 0.313 e. The molecule has 1 aliphatic rings. The summed E-state index contributed by atoms with van der Waals surface area (Å²) in [4.78, 5) is 13.0. The Morgan fingerprint density at radius 3 is 1.75 bits per heavy atom. The molecule has 1 atom stereocenters. The van der Waals surface area contributed by atoms with Crippen molar-refractivity contribution in [3.8, 4) is 0 Å². The zero-order chi connectivity index (χ0) is 15.8. The molecule has 0 bridgehead atoms. The Hall–Kier alpha value is -0.530. The van der Waals surface area contributed by atoms with E-state index in [0.29, 0.717) is 5.92 Å². The summed E-state index contributed by atoms with van der Waals surface area (Å²) in [5.41, 5.74) is -0.773. The van der Waals surface area contributed by atoms with Crippen LogP contribution in [-0.4, -0.2) is 11.6 Å². The van der Waals surface area contributed by atoms with E-state index in [1.165, 1.54) is 12.8 Å². The van der Waals surface area contributed by atoms with Crippen LogP contribution in [0, 0.1) is 22.7 Å². The zero-order valence-electron chi connectivity index (χ0n) is 14.8. The average molecular weight is 282 g/mol. The summed E-state index contributed by atoms with van der Waals surface area (Å²) in [6.07, 6.45) is 4.40. The summed E-state index contributed by atoms with van der Waals surface area (Å²) in [5, 5.41) is 0. The van der Waals surface area contributed by atoms with Crippen LogP contribution in [0.1, 0.15) is 81.1 Å². The Bertz CT molecular complexity index is 343. The molecule has 0 radical (unpaired) electrons. The van der Waals surface area contributed by atoms with Crippen molar-refractivity contribution in [2.45, 2.75) is 86.7 Å². The normalized spacial score (nSPS) is 22.1. The monoisotopic (exact) mass is 282 g/mol. The number of carbonyl (C=O) groups is 1. The first kappa shape index (κ1) is 17.5. The van der Waals surface area contributed by atoms with Gasteiger partial charge in [0.15, 0.2) is 0 Å². The highest BCUT2D eigenvalue weighted by Gasteiger charge is 2.51. The highest BCUT2D eigenvalue weighted by molar-refractivity contribution is 5.78. The van der Waals surface area contributed by atoms with Crippen molar-refractivity contribution in [3.05, 3.63) is 0 Å². The van der Waals surface area contributed by atoms with Crippen LogP contribution in [0.3, 0.4) is 0 Å². The maximum atomic E-state index is 13.0. The zero-order valence-corrected chi connectivity index (χ0v) is 14.8. The van der Waals surface area contributed by atoms with Crippen LogP contribution in [0.5, 0.6) is 0 Å². The minimum absolute atomic E-state index is 0.00407. The summed E-state index contributed by atoms with van der Waals surface area (Å²) < 4.78 is 6.17. The van der Waals surface area contributed by atoms with Gasteiger partial charge in [-0.1, -0.05) is 48.5 Å². The number of rotatable bonds is 4. The van der Waals surface area contributed by atoms with Crippen molar-refractivity contribution in [2.24, 2.45) is 22.7 Å². The highest BCUT2D eigenvalue weighted by atomic mass is 16.6. The molecule has 0 aromatic carbocycles. The largest absolute Gasteiger partial charge is 0.458 e. The molecule has 0 N–H and O–H groups in total. The number of hydrogen-bond acceptors (Lipinski definition) is 2. The second kappa shape index (κ2) is 5.69. The van der Waals surface area contributed by atoms with E-state index in [9.17, 15) is 4.79 Å². The Balaban J connectivity index is 3.03. The molecule has 118 valence electrons. The van der Waals surface area contributed by atoms with Gasteiger partial charge in [-0.3, -0.25) is 4.79 Å². The molecule has 0 aromatic rings. The minimum Gasteiger partial charge on any atom is -0.458 e. The van der Waals surface area contributed by atoms with Crippen LogP contribution < -0.4 is 0 Å². The van der Waals surface area contributed by atoms with Crippen molar-refractivity contribution < 1.29 is 9.53 Å². The highest BCUT2D eigenvalue weighted by Crippen LogP contribution is 2.48. The first-order chi connectivity index (χ1) is 8.97. The molecular weight excluding hydrogens is 248 g/mol. The Kier molecular flexibility index (Phi) is 4.99. The predicted molar refractivity (Wildman–Crippen MR) is 84.5 cm³/mol. The Morgan fingerprint density at radius 1 is 1.00 bits per heavy atom. The third-order valence-corrected chi connectivity index (χ3v) is 5.93. The van der Waals surface area contributed by atoms with Crippen LogP contribution in [0.4, 0.5) is 0 Å². The molecule has 2 nitrogen and oxygen atoms in total. The fraction of sp³-hybridized carbons (Fsp3) is 0.944. The predicted octanol–water partition coefficient (Wildman–Crippen LogP) is 5.21. The molecule has 0 heterocycles. The van der Waals surface area contributed by atoms with Crippen LogP contribution in [0.15, 0.2) is 0 Å². The standard InChI is InChI=1S/C18H34O2/c1-13(2)17(8,16(5,6)7)15(19)20-18(14(3)4)11-9-10-12-18/h13-14H,9-12H2,1-8H3. The SMILES string of the molecule is CC(C)C1(OC(=O)C(C)(C(C)C)C(C)(C)C)CCCC1. The van der Waals surface area contributed by atoms with Gasteiger partial charge in [-0.2, -0.15) is 0 Å². The van der Waals surface area contributed by atoms with E-state index in [1.807, 2.05) is 0 Å². The summed E-state index contributed by atoms with van der Waals surface area (Å²) in [7, 11) is 0. The lowest BCUT2D eigenvalue weighted by molar-refractivity contribution is -0.187. The van der Waals surface area contributed by atoms with Crippen molar-refractivity contribution >= 4 is 5.97 Å². The van der Waals surface area contributed by atoms with Crippen LogP contribution >= 0.6 is 0 Å². The number of hydrogen-bond donors (Lipinski definition) is 0. The third-order valence-electron chi connectivity index (χ3n) is 5.93. The molecule has 20 heavy (non-hydrogen) atoms. The van der Waals surface area contributed by atoms with Gasteiger partial charge < -0.3 is 4.74 Å². The van der Waals surface area contributed by atoms with E-state index in [0.717, 1.165) is 12.8 Å². The van der Waals surface area contributed by atoms with Crippen molar-refractivity contribution in [1.82, 2.24) is 0 Å². The molecule has 2 heteroatoms. The molecule has 0 aromatic heterocycles. The molecular formula is C18H34O2. The smallest absolute Gasteiger partial charge is 0.313 e. The number of ether oxygens (including phenoxy) is 1. The number of esters is 1. The van der Waals surface area contributed by atoms with Gasteiger partial charge in [0.2, 0.25) is 0 Å². The maximum absolute atomic E-state index is 13.0. The molecule has 1 rings (SSSR count). The van der Waals surface area contributed by atoms with E-state index < -0.39 is 5.41 Å². The summed E-state index contributed by atoms with van der Waals surface area (Å²) in [6, 6.07) is 0. The lowest BCUT2D eigenvalue weighted by Crippen LogP contribution is -2.50. The quantitative estimate of drug-likeness (QED) is 0.662. The van der Waals surface area contributed by atoms with Crippen molar-refractivity contribution in [2.75, 3.05) is 0 Å². The van der Waals surface area contributed by atoms with E-state index in [4.69, 9.17) is 4.74 Å². The van der Waals surface area contributed by atoms with E-state index in [2.05, 4.69) is 55.4 Å². The fourth-order valence-corrected chi connectivity index (χ4v) is 3.47. The first-order valence-electron chi connectivity index (χ1n) is 8.21. The fourth-order valence-electron chi connectivity index (χ4n) is 3.47. The van der Waals surface area contributed by atoms with Crippen LogP contribution in [0.2, 0.25) is 0 Å². The Morgan fingerprint density at radius 2 is 1.45 bits per heavy atom. The Labute approximate surface area is 125 Å². The average Bonchev–Trinajstić information content (AvgIpc) is 2.75. The van der Waals surface area contributed by atoms with Crippen molar-refractivity contribution in [1.29, 1.82) is 0 Å². The van der Waals surface area contributed by atoms with E-state index >= 15 is 0 Å². The van der Waals surface area contributed by atoms with Gasteiger partial charge in [-0.05, 0) is 49.9 Å². The van der Waals surface area contributed by atoms with E-state index in [-0.39, 0.29) is 22.9 Å². The molecule has 1 aliphatic carbocycles. The van der Waals surface area contributed by atoms with Gasteiger partial charge in [-0.25, -0.2) is 0 Å². The molecule has 0 spiro atoms. The summed E-state index contributed by atoms with van der Waals surface area (Å²) >= 11 is 0. The van der Waals surface area contributed by atoms with Crippen LogP contribution in [-0.2, 0) is 9.53 Å².